The van der Waals surface area contributed by atoms with E-state index in [1.165, 1.54) is 11.3 Å². The number of rotatable bonds is 8. The largest absolute Gasteiger partial charge is 0.461 e. The Kier molecular flexibility index (Phi) is 6.82. The Hall–Kier alpha value is -4.03. The lowest BCUT2D eigenvalue weighted by atomic mass is 10.1. The maximum Gasteiger partial charge on any atom is 0.357 e. The fourth-order valence-electron chi connectivity index (χ4n) is 3.48. The Labute approximate surface area is 205 Å². The average molecular weight is 490 g/mol. The Bertz CT molecular complexity index is 1320. The van der Waals surface area contributed by atoms with Crippen molar-refractivity contribution in [2.24, 2.45) is 5.92 Å². The first-order valence-corrected chi connectivity index (χ1v) is 12.0. The van der Waals surface area contributed by atoms with Gasteiger partial charge in [0, 0.05) is 35.9 Å². The second-order valence-corrected chi connectivity index (χ2v) is 8.80. The van der Waals surface area contributed by atoms with Crippen molar-refractivity contribution in [1.29, 1.82) is 0 Å². The highest BCUT2D eigenvalue weighted by Gasteiger charge is 2.19. The summed E-state index contributed by atoms with van der Waals surface area (Å²) in [4.78, 5) is 38.6. The van der Waals surface area contributed by atoms with Gasteiger partial charge in [0.05, 0.1) is 6.61 Å². The van der Waals surface area contributed by atoms with E-state index in [1.807, 2.05) is 25.1 Å². The zero-order valence-electron chi connectivity index (χ0n) is 18.9. The molecule has 0 bridgehead atoms. The first-order valence-electron chi connectivity index (χ1n) is 11.1. The molecule has 0 saturated carbocycles. The molecule has 1 saturated heterocycles. The molecule has 178 valence electrons. The van der Waals surface area contributed by atoms with Gasteiger partial charge in [0.15, 0.2) is 16.6 Å². The molecule has 0 unspecified atom stereocenters. The van der Waals surface area contributed by atoms with Crippen molar-refractivity contribution in [2.75, 3.05) is 30.3 Å². The van der Waals surface area contributed by atoms with Crippen LogP contribution < -0.4 is 16.0 Å². The standard InChI is InChI=1S/C23H23N9O2S/c1-14-3-2-4-16(27-14)20-25-9-6-18(30-20)29-19-7-10-26-22(31-19)32-23-28-17(13-35-23)21(33)34-12-15-5-8-24-11-15/h2-4,6-7,9-10,13,15,24H,5,8,11-12H2,1H3,(H2,25,26,28,29,30,31,32)/t15-/m1/s1. The van der Waals surface area contributed by atoms with E-state index in [1.54, 1.807) is 29.9 Å². The smallest absolute Gasteiger partial charge is 0.357 e. The van der Waals surface area contributed by atoms with Gasteiger partial charge in [-0.25, -0.2) is 29.7 Å². The topological polar surface area (TPSA) is 140 Å². The zero-order chi connectivity index (χ0) is 24.0. The van der Waals surface area contributed by atoms with Crippen LogP contribution in [0.3, 0.4) is 0 Å². The number of carbonyl (C=O) groups is 1. The summed E-state index contributed by atoms with van der Waals surface area (Å²) in [5.74, 6) is 1.87. The quantitative estimate of drug-likeness (QED) is 0.314. The zero-order valence-corrected chi connectivity index (χ0v) is 19.7. The summed E-state index contributed by atoms with van der Waals surface area (Å²) in [6.07, 6.45) is 4.28. The highest BCUT2D eigenvalue weighted by Crippen LogP contribution is 2.22. The lowest BCUT2D eigenvalue weighted by Crippen LogP contribution is -2.17. The first kappa shape index (κ1) is 22.7. The van der Waals surface area contributed by atoms with Gasteiger partial charge in [0.1, 0.15) is 17.3 Å². The fraction of sp³-hybridized carbons (Fsp3) is 0.261. The molecule has 4 aromatic rings. The molecule has 0 aliphatic carbocycles. The van der Waals surface area contributed by atoms with Gasteiger partial charge in [-0.1, -0.05) is 6.07 Å². The van der Waals surface area contributed by atoms with Gasteiger partial charge < -0.3 is 15.4 Å². The lowest BCUT2D eigenvalue weighted by molar-refractivity contribution is 0.0444. The van der Waals surface area contributed by atoms with Crippen molar-refractivity contribution in [3.05, 3.63) is 59.5 Å². The number of hydrogen-bond donors (Lipinski definition) is 3. The third kappa shape index (κ3) is 5.91. The molecule has 0 radical (unpaired) electrons. The normalized spacial score (nSPS) is 15.1. The number of esters is 1. The number of pyridine rings is 1. The summed E-state index contributed by atoms with van der Waals surface area (Å²) in [5, 5.41) is 11.6. The predicted molar refractivity (Wildman–Crippen MR) is 132 cm³/mol. The number of anilines is 4. The van der Waals surface area contributed by atoms with Crippen LogP contribution in [0.2, 0.25) is 0 Å². The van der Waals surface area contributed by atoms with Gasteiger partial charge in [-0.15, -0.1) is 11.3 Å². The molecule has 0 spiro atoms. The van der Waals surface area contributed by atoms with Crippen LogP contribution in [0.1, 0.15) is 22.6 Å². The van der Waals surface area contributed by atoms with Gasteiger partial charge in [-0.3, -0.25) is 5.32 Å². The predicted octanol–water partition coefficient (Wildman–Crippen LogP) is 3.35. The molecule has 0 amide bonds. The number of hydrogen-bond acceptors (Lipinski definition) is 12. The van der Waals surface area contributed by atoms with Crippen LogP contribution in [0.4, 0.5) is 22.7 Å². The molecule has 12 heteroatoms. The van der Waals surface area contributed by atoms with E-state index in [-0.39, 0.29) is 5.69 Å². The fourth-order valence-corrected chi connectivity index (χ4v) is 4.16. The van der Waals surface area contributed by atoms with Gasteiger partial charge >= 0.3 is 5.97 Å². The van der Waals surface area contributed by atoms with E-state index in [9.17, 15) is 4.79 Å². The Morgan fingerprint density at radius 1 is 1.09 bits per heavy atom. The minimum absolute atomic E-state index is 0.260. The third-order valence-electron chi connectivity index (χ3n) is 5.23. The molecular weight excluding hydrogens is 466 g/mol. The highest BCUT2D eigenvalue weighted by molar-refractivity contribution is 7.14. The van der Waals surface area contributed by atoms with E-state index in [0.717, 1.165) is 25.2 Å². The van der Waals surface area contributed by atoms with Crippen molar-refractivity contribution < 1.29 is 9.53 Å². The summed E-state index contributed by atoms with van der Waals surface area (Å²) < 4.78 is 5.39. The molecule has 0 aromatic carbocycles. The van der Waals surface area contributed by atoms with Crippen LogP contribution in [0, 0.1) is 12.8 Å². The molecule has 1 atom stereocenters. The van der Waals surface area contributed by atoms with Crippen LogP contribution in [0.25, 0.3) is 11.5 Å². The number of nitrogens with zero attached hydrogens (tertiary/aromatic N) is 6. The maximum absolute atomic E-state index is 12.3. The van der Waals surface area contributed by atoms with E-state index in [0.29, 0.717) is 46.8 Å². The van der Waals surface area contributed by atoms with E-state index >= 15 is 0 Å². The van der Waals surface area contributed by atoms with Gasteiger partial charge in [-0.05, 0) is 44.2 Å². The van der Waals surface area contributed by atoms with Gasteiger partial charge in [-0.2, -0.15) is 4.98 Å². The van der Waals surface area contributed by atoms with Crippen LogP contribution in [-0.2, 0) is 4.74 Å². The molecule has 3 N–H and O–H groups in total. The summed E-state index contributed by atoms with van der Waals surface area (Å²) in [6, 6.07) is 9.17. The Balaban J connectivity index is 1.22. The first-order chi connectivity index (χ1) is 17.1. The number of carbonyl (C=O) groups excluding carboxylic acids is 1. The number of ether oxygens (including phenoxy) is 1. The summed E-state index contributed by atoms with van der Waals surface area (Å²) in [7, 11) is 0. The second-order valence-electron chi connectivity index (χ2n) is 7.94. The molecule has 35 heavy (non-hydrogen) atoms. The van der Waals surface area contributed by atoms with Crippen LogP contribution in [0.5, 0.6) is 0 Å². The summed E-state index contributed by atoms with van der Waals surface area (Å²) in [5.41, 5.74) is 1.84. The van der Waals surface area contributed by atoms with Gasteiger partial charge in [0.2, 0.25) is 5.95 Å². The molecule has 1 aliphatic heterocycles. The third-order valence-corrected chi connectivity index (χ3v) is 5.99. The molecule has 5 heterocycles. The SMILES string of the molecule is Cc1cccc(-c2nccc(Nc3ccnc(Nc4nc(C(=O)OC[C@@H]5CCNC5)cs4)n3)n2)n1. The van der Waals surface area contributed by atoms with E-state index < -0.39 is 5.97 Å². The Morgan fingerprint density at radius 3 is 2.77 bits per heavy atom. The molecule has 1 aliphatic rings. The summed E-state index contributed by atoms with van der Waals surface area (Å²) in [6.45, 7) is 4.15. The van der Waals surface area contributed by atoms with Crippen molar-refractivity contribution in [2.45, 2.75) is 13.3 Å². The minimum atomic E-state index is -0.430. The number of aryl methyl sites for hydroxylation is 1. The second kappa shape index (κ2) is 10.5. The van der Waals surface area contributed by atoms with Gasteiger partial charge in [0.25, 0.3) is 0 Å². The number of nitrogens with one attached hydrogen (secondary N) is 3. The molecule has 11 nitrogen and oxygen atoms in total. The molecular formula is C23H23N9O2S. The monoisotopic (exact) mass is 489 g/mol. The molecule has 1 fully saturated rings. The van der Waals surface area contributed by atoms with Crippen molar-refractivity contribution in [1.82, 2.24) is 35.2 Å². The van der Waals surface area contributed by atoms with Crippen molar-refractivity contribution in [3.8, 4) is 11.5 Å². The van der Waals surface area contributed by atoms with Crippen LogP contribution in [-0.4, -0.2) is 55.6 Å². The molecule has 4 aromatic heterocycles. The molecule has 5 rings (SSSR count). The highest BCUT2D eigenvalue weighted by atomic mass is 32.1. The minimum Gasteiger partial charge on any atom is -0.461 e. The lowest BCUT2D eigenvalue weighted by Gasteiger charge is -2.08. The van der Waals surface area contributed by atoms with E-state index in [4.69, 9.17) is 4.74 Å². The summed E-state index contributed by atoms with van der Waals surface area (Å²) >= 11 is 1.28. The maximum atomic E-state index is 12.3. The van der Waals surface area contributed by atoms with Crippen molar-refractivity contribution in [3.63, 3.8) is 0 Å². The Morgan fingerprint density at radius 2 is 1.94 bits per heavy atom. The number of aromatic nitrogens is 6. The average Bonchev–Trinajstić information content (AvgIpc) is 3.56. The van der Waals surface area contributed by atoms with E-state index in [2.05, 4.69) is 45.9 Å². The van der Waals surface area contributed by atoms with Crippen LogP contribution >= 0.6 is 11.3 Å². The number of thiazole rings is 1. The van der Waals surface area contributed by atoms with Crippen molar-refractivity contribution >= 4 is 40.0 Å². The van der Waals surface area contributed by atoms with Crippen LogP contribution in [0.15, 0.2) is 48.1 Å².